The molecule has 0 bridgehead atoms. The number of hydrogen-bond acceptors (Lipinski definition) is 5. The highest BCUT2D eigenvalue weighted by molar-refractivity contribution is 6.11. The first-order valence-corrected chi connectivity index (χ1v) is 9.45. The van der Waals surface area contributed by atoms with Gasteiger partial charge in [0.15, 0.2) is 5.78 Å². The SMILES string of the molecule is CC1=CC=C(C(N)=O)CC1(C1CC1)n1ncc(C(=O)c2cccc(C#N)c2)c1N. The number of carbonyl (C=O) groups excluding carboxylic acids is 2. The third kappa shape index (κ3) is 2.93. The maximum atomic E-state index is 13.0. The summed E-state index contributed by atoms with van der Waals surface area (Å²) in [6.45, 7) is 1.99. The van der Waals surface area contributed by atoms with E-state index >= 15 is 0 Å². The van der Waals surface area contributed by atoms with Crippen LogP contribution in [0.4, 0.5) is 5.82 Å². The number of nitriles is 1. The van der Waals surface area contributed by atoms with Crippen molar-refractivity contribution < 1.29 is 9.59 Å². The monoisotopic (exact) mass is 387 g/mol. The molecule has 1 saturated carbocycles. The van der Waals surface area contributed by atoms with E-state index in [4.69, 9.17) is 16.7 Å². The van der Waals surface area contributed by atoms with Gasteiger partial charge in [0.1, 0.15) is 5.82 Å². The molecule has 1 heterocycles. The molecule has 4 rings (SSSR count). The van der Waals surface area contributed by atoms with Gasteiger partial charge in [-0.1, -0.05) is 24.3 Å². The molecule has 1 unspecified atom stereocenters. The van der Waals surface area contributed by atoms with Crippen molar-refractivity contribution in [2.45, 2.75) is 31.7 Å². The maximum absolute atomic E-state index is 13.0. The van der Waals surface area contributed by atoms with E-state index in [1.165, 1.54) is 12.3 Å². The van der Waals surface area contributed by atoms with E-state index < -0.39 is 11.4 Å². The zero-order valence-corrected chi connectivity index (χ0v) is 16.1. The molecule has 2 aliphatic rings. The first kappa shape index (κ1) is 18.7. The largest absolute Gasteiger partial charge is 0.383 e. The number of amides is 1. The van der Waals surface area contributed by atoms with Gasteiger partial charge in [-0.2, -0.15) is 10.4 Å². The summed E-state index contributed by atoms with van der Waals surface area (Å²) in [6.07, 6.45) is 7.49. The molecule has 1 aromatic heterocycles. The lowest BCUT2D eigenvalue weighted by molar-refractivity contribution is -0.115. The lowest BCUT2D eigenvalue weighted by Crippen LogP contribution is -2.42. The Kier molecular flexibility index (Phi) is 4.35. The molecule has 0 saturated heterocycles. The summed E-state index contributed by atoms with van der Waals surface area (Å²) in [6, 6.07) is 8.52. The van der Waals surface area contributed by atoms with Crippen molar-refractivity contribution in [2.24, 2.45) is 11.7 Å². The third-order valence-corrected chi connectivity index (χ3v) is 5.93. The molecule has 146 valence electrons. The molecule has 7 nitrogen and oxygen atoms in total. The highest BCUT2D eigenvalue weighted by Gasteiger charge is 2.51. The lowest BCUT2D eigenvalue weighted by Gasteiger charge is -2.39. The van der Waals surface area contributed by atoms with Crippen LogP contribution in [0.1, 0.15) is 47.7 Å². The van der Waals surface area contributed by atoms with Gasteiger partial charge in [-0.15, -0.1) is 0 Å². The van der Waals surface area contributed by atoms with E-state index in [9.17, 15) is 9.59 Å². The molecule has 2 aliphatic carbocycles. The van der Waals surface area contributed by atoms with E-state index in [1.807, 2.05) is 19.1 Å². The highest BCUT2D eigenvalue weighted by atomic mass is 16.1. The maximum Gasteiger partial charge on any atom is 0.244 e. The number of rotatable bonds is 5. The molecule has 0 aliphatic heterocycles. The predicted octanol–water partition coefficient (Wildman–Crippen LogP) is 2.43. The zero-order chi connectivity index (χ0) is 20.8. The number of nitrogens with zero attached hydrogens (tertiary/aromatic N) is 3. The van der Waals surface area contributed by atoms with Crippen LogP contribution in [0.2, 0.25) is 0 Å². The second kappa shape index (κ2) is 6.74. The molecular formula is C22H21N5O2. The average Bonchev–Trinajstić information content (AvgIpc) is 3.50. The molecule has 0 radical (unpaired) electrons. The van der Waals surface area contributed by atoms with E-state index in [-0.39, 0.29) is 23.1 Å². The Morgan fingerprint density at radius 1 is 1.31 bits per heavy atom. The topological polar surface area (TPSA) is 128 Å². The summed E-state index contributed by atoms with van der Waals surface area (Å²) in [5.74, 6) is -0.231. The van der Waals surface area contributed by atoms with Gasteiger partial charge in [0.2, 0.25) is 5.91 Å². The van der Waals surface area contributed by atoms with Crippen LogP contribution >= 0.6 is 0 Å². The zero-order valence-electron chi connectivity index (χ0n) is 16.1. The van der Waals surface area contributed by atoms with Crippen LogP contribution in [-0.4, -0.2) is 21.5 Å². The molecule has 1 aromatic carbocycles. The number of primary amides is 1. The van der Waals surface area contributed by atoms with Gasteiger partial charge >= 0.3 is 0 Å². The van der Waals surface area contributed by atoms with Crippen molar-refractivity contribution in [3.8, 4) is 6.07 Å². The molecular weight excluding hydrogens is 366 g/mol. The van der Waals surface area contributed by atoms with Gasteiger partial charge in [-0.05, 0) is 43.4 Å². The van der Waals surface area contributed by atoms with Gasteiger partial charge in [0.05, 0.1) is 28.9 Å². The molecule has 29 heavy (non-hydrogen) atoms. The van der Waals surface area contributed by atoms with Crippen LogP contribution in [-0.2, 0) is 10.3 Å². The number of nitrogens with two attached hydrogens (primary N) is 2. The Hall–Kier alpha value is -3.66. The molecule has 1 amide bonds. The van der Waals surface area contributed by atoms with Gasteiger partial charge in [-0.3, -0.25) is 9.59 Å². The Balaban J connectivity index is 1.78. The van der Waals surface area contributed by atoms with Crippen molar-refractivity contribution in [1.82, 2.24) is 9.78 Å². The minimum Gasteiger partial charge on any atom is -0.383 e. The second-order valence-electron chi connectivity index (χ2n) is 7.66. The Bertz CT molecular complexity index is 1130. The first-order valence-electron chi connectivity index (χ1n) is 9.45. The van der Waals surface area contributed by atoms with Crippen molar-refractivity contribution in [3.05, 3.63) is 70.5 Å². The van der Waals surface area contributed by atoms with Gasteiger partial charge < -0.3 is 11.5 Å². The number of aromatic nitrogens is 2. The van der Waals surface area contributed by atoms with Gasteiger partial charge in [-0.25, -0.2) is 4.68 Å². The number of carbonyl (C=O) groups is 2. The van der Waals surface area contributed by atoms with Crippen molar-refractivity contribution >= 4 is 17.5 Å². The summed E-state index contributed by atoms with van der Waals surface area (Å²) in [5, 5.41) is 13.6. The summed E-state index contributed by atoms with van der Waals surface area (Å²) >= 11 is 0. The molecule has 4 N–H and O–H groups in total. The molecule has 1 fully saturated rings. The average molecular weight is 387 g/mol. The highest BCUT2D eigenvalue weighted by Crippen LogP contribution is 2.53. The van der Waals surface area contributed by atoms with E-state index in [1.54, 1.807) is 29.0 Å². The van der Waals surface area contributed by atoms with E-state index in [0.717, 1.165) is 18.4 Å². The first-order chi connectivity index (χ1) is 13.9. The third-order valence-electron chi connectivity index (χ3n) is 5.93. The summed E-state index contributed by atoms with van der Waals surface area (Å²) in [7, 11) is 0. The minimum atomic E-state index is -0.601. The molecule has 2 aromatic rings. The smallest absolute Gasteiger partial charge is 0.244 e. The Morgan fingerprint density at radius 3 is 2.72 bits per heavy atom. The number of benzene rings is 1. The number of nitrogen functional groups attached to an aromatic ring is 1. The van der Waals surface area contributed by atoms with E-state index in [0.29, 0.717) is 23.1 Å². The fourth-order valence-corrected chi connectivity index (χ4v) is 4.21. The van der Waals surface area contributed by atoms with Crippen LogP contribution in [0, 0.1) is 17.2 Å². The van der Waals surface area contributed by atoms with Crippen molar-refractivity contribution in [3.63, 3.8) is 0 Å². The lowest BCUT2D eigenvalue weighted by atomic mass is 9.76. The Morgan fingerprint density at radius 2 is 2.07 bits per heavy atom. The quantitative estimate of drug-likeness (QED) is 0.762. The second-order valence-corrected chi connectivity index (χ2v) is 7.66. The number of hydrogen-bond donors (Lipinski definition) is 2. The van der Waals surface area contributed by atoms with Crippen LogP contribution in [0.15, 0.2) is 53.8 Å². The summed E-state index contributed by atoms with van der Waals surface area (Å²) < 4.78 is 1.69. The Labute approximate surface area is 168 Å². The van der Waals surface area contributed by atoms with Crippen LogP contribution < -0.4 is 11.5 Å². The fourth-order valence-electron chi connectivity index (χ4n) is 4.21. The predicted molar refractivity (Wildman–Crippen MR) is 108 cm³/mol. The minimum absolute atomic E-state index is 0.253. The standard InChI is InChI=1S/C22H21N5O2/c1-13-5-6-16(21(25)29)10-22(13,17-7-8-17)27-20(24)18(12-26-27)19(28)15-4-2-3-14(9-15)11-23/h2-6,9,12,17H,7-8,10,24H2,1H3,(H2,25,29). The fraction of sp³-hybridized carbons (Fsp3) is 0.273. The summed E-state index contributed by atoms with van der Waals surface area (Å²) in [4.78, 5) is 24.9. The molecule has 1 atom stereocenters. The normalized spacial score (nSPS) is 21.1. The number of ketones is 1. The van der Waals surface area contributed by atoms with E-state index in [2.05, 4.69) is 5.10 Å². The van der Waals surface area contributed by atoms with Crippen LogP contribution in [0.25, 0.3) is 0 Å². The van der Waals surface area contributed by atoms with Crippen LogP contribution in [0.3, 0.4) is 0 Å². The van der Waals surface area contributed by atoms with Crippen molar-refractivity contribution in [2.75, 3.05) is 5.73 Å². The number of anilines is 1. The van der Waals surface area contributed by atoms with Gasteiger partial charge in [0, 0.05) is 17.6 Å². The molecule has 0 spiro atoms. The number of allylic oxidation sites excluding steroid dienone is 3. The summed E-state index contributed by atoms with van der Waals surface area (Å²) in [5.41, 5.74) is 14.0. The molecule has 7 heteroatoms. The van der Waals surface area contributed by atoms with Gasteiger partial charge in [0.25, 0.3) is 0 Å². The van der Waals surface area contributed by atoms with Crippen molar-refractivity contribution in [1.29, 1.82) is 5.26 Å². The van der Waals surface area contributed by atoms with Crippen LogP contribution in [0.5, 0.6) is 0 Å².